The number of carboxylic acids is 1. The summed E-state index contributed by atoms with van der Waals surface area (Å²) in [5.74, 6) is -0.829. The van der Waals surface area contributed by atoms with Crippen molar-refractivity contribution in [1.29, 1.82) is 0 Å². The maximum atomic E-state index is 12.3. The first-order valence-electron chi connectivity index (χ1n) is 9.05. The van der Waals surface area contributed by atoms with Crippen molar-refractivity contribution in [3.8, 4) is 0 Å². The van der Waals surface area contributed by atoms with Crippen LogP contribution in [-0.4, -0.2) is 33.3 Å². The zero-order valence-electron chi connectivity index (χ0n) is 15.5. The van der Waals surface area contributed by atoms with Crippen LogP contribution in [0, 0.1) is 13.8 Å². The van der Waals surface area contributed by atoms with E-state index in [0.717, 1.165) is 36.2 Å². The third kappa shape index (κ3) is 6.35. The summed E-state index contributed by atoms with van der Waals surface area (Å²) in [6, 6.07) is 9.64. The Morgan fingerprint density at radius 2 is 1.88 bits per heavy atom. The largest absolute Gasteiger partial charge is 0.481 e. The van der Waals surface area contributed by atoms with Gasteiger partial charge in [0.25, 0.3) is 5.91 Å². The highest BCUT2D eigenvalue weighted by atomic mass is 16.4. The van der Waals surface area contributed by atoms with Gasteiger partial charge < -0.3 is 10.4 Å². The number of carbonyl (C=O) groups excluding carboxylic acids is 1. The normalized spacial score (nSPS) is 10.7. The van der Waals surface area contributed by atoms with Crippen molar-refractivity contribution in [3.05, 3.63) is 52.8 Å². The molecule has 1 aromatic heterocycles. The monoisotopic (exact) mass is 357 g/mol. The number of aromatic nitrogens is 2. The van der Waals surface area contributed by atoms with Crippen molar-refractivity contribution in [2.24, 2.45) is 0 Å². The summed E-state index contributed by atoms with van der Waals surface area (Å²) < 4.78 is 1.93. The van der Waals surface area contributed by atoms with Crippen LogP contribution >= 0.6 is 0 Å². The molecule has 0 bridgehead atoms. The molecule has 26 heavy (non-hydrogen) atoms. The summed E-state index contributed by atoms with van der Waals surface area (Å²) in [5, 5.41) is 16.0. The highest BCUT2D eigenvalue weighted by Gasteiger charge is 2.07. The summed E-state index contributed by atoms with van der Waals surface area (Å²) in [6.45, 7) is 5.24. The molecule has 1 heterocycles. The van der Waals surface area contributed by atoms with E-state index in [1.165, 1.54) is 0 Å². The highest BCUT2D eigenvalue weighted by Crippen LogP contribution is 2.10. The predicted octanol–water partition coefficient (Wildman–Crippen LogP) is 3.31. The molecule has 6 heteroatoms. The van der Waals surface area contributed by atoms with Crippen LogP contribution in [0.25, 0.3) is 0 Å². The van der Waals surface area contributed by atoms with Gasteiger partial charge in [0.2, 0.25) is 0 Å². The van der Waals surface area contributed by atoms with Crippen molar-refractivity contribution in [2.75, 3.05) is 6.54 Å². The van der Waals surface area contributed by atoms with Crippen molar-refractivity contribution in [1.82, 2.24) is 15.1 Å². The number of hydrogen-bond acceptors (Lipinski definition) is 3. The van der Waals surface area contributed by atoms with E-state index in [4.69, 9.17) is 5.11 Å². The van der Waals surface area contributed by atoms with Gasteiger partial charge in [0.1, 0.15) is 0 Å². The summed E-state index contributed by atoms with van der Waals surface area (Å²) in [4.78, 5) is 22.7. The highest BCUT2D eigenvalue weighted by molar-refractivity contribution is 5.94. The summed E-state index contributed by atoms with van der Waals surface area (Å²) in [7, 11) is 0. The molecule has 0 saturated heterocycles. The molecule has 0 fully saturated rings. The molecule has 1 aromatic carbocycles. The quantitative estimate of drug-likeness (QED) is 0.639. The van der Waals surface area contributed by atoms with E-state index in [9.17, 15) is 9.59 Å². The molecular weight excluding hydrogens is 330 g/mol. The lowest BCUT2D eigenvalue weighted by Crippen LogP contribution is -2.24. The standard InChI is InChI=1S/C20H27N3O3/c1-15-12-16(2)23(22-15)14-17-8-7-9-18(13-17)20(26)21-11-6-4-3-5-10-19(24)25/h7-9,12-13H,3-6,10-11,14H2,1-2H3,(H,21,26)(H,24,25). The lowest BCUT2D eigenvalue weighted by molar-refractivity contribution is -0.137. The summed E-state index contributed by atoms with van der Waals surface area (Å²) in [5.41, 5.74) is 3.77. The van der Waals surface area contributed by atoms with E-state index in [1.807, 2.05) is 48.9 Å². The van der Waals surface area contributed by atoms with Gasteiger partial charge in [-0.3, -0.25) is 14.3 Å². The first-order chi connectivity index (χ1) is 12.5. The van der Waals surface area contributed by atoms with Crippen LogP contribution in [0.4, 0.5) is 0 Å². The fraction of sp³-hybridized carbons (Fsp3) is 0.450. The van der Waals surface area contributed by atoms with Gasteiger partial charge >= 0.3 is 5.97 Å². The smallest absolute Gasteiger partial charge is 0.303 e. The fourth-order valence-corrected chi connectivity index (χ4v) is 2.88. The number of carboxylic acid groups (broad SMARTS) is 1. The number of nitrogens with zero attached hydrogens (tertiary/aromatic N) is 2. The van der Waals surface area contributed by atoms with E-state index in [0.29, 0.717) is 25.1 Å². The SMILES string of the molecule is Cc1cc(C)n(Cc2cccc(C(=O)NCCCCCCC(=O)O)c2)n1. The van der Waals surface area contributed by atoms with Gasteiger partial charge in [0.15, 0.2) is 0 Å². The molecule has 0 aliphatic heterocycles. The van der Waals surface area contributed by atoms with Crippen molar-refractivity contribution in [2.45, 2.75) is 52.5 Å². The van der Waals surface area contributed by atoms with Crippen LogP contribution in [0.2, 0.25) is 0 Å². The van der Waals surface area contributed by atoms with Gasteiger partial charge in [-0.2, -0.15) is 5.10 Å². The number of aryl methyl sites for hydroxylation is 2. The van der Waals surface area contributed by atoms with Crippen LogP contribution in [0.15, 0.2) is 30.3 Å². The Morgan fingerprint density at radius 1 is 1.12 bits per heavy atom. The number of amides is 1. The second-order valence-corrected chi connectivity index (χ2v) is 6.60. The molecule has 1 amide bonds. The van der Waals surface area contributed by atoms with E-state index in [-0.39, 0.29) is 12.3 Å². The van der Waals surface area contributed by atoms with Crippen LogP contribution < -0.4 is 5.32 Å². The maximum absolute atomic E-state index is 12.3. The number of benzene rings is 1. The average molecular weight is 357 g/mol. The molecule has 6 nitrogen and oxygen atoms in total. The summed E-state index contributed by atoms with van der Waals surface area (Å²) in [6.07, 6.45) is 3.56. The minimum absolute atomic E-state index is 0.0780. The number of carbonyl (C=O) groups is 2. The molecule has 0 spiro atoms. The predicted molar refractivity (Wildman–Crippen MR) is 100 cm³/mol. The van der Waals surface area contributed by atoms with Crippen LogP contribution in [-0.2, 0) is 11.3 Å². The molecule has 2 rings (SSSR count). The van der Waals surface area contributed by atoms with E-state index >= 15 is 0 Å². The fourth-order valence-electron chi connectivity index (χ4n) is 2.88. The number of aliphatic carboxylic acids is 1. The Balaban J connectivity index is 1.78. The minimum atomic E-state index is -0.751. The molecule has 2 aromatic rings. The topological polar surface area (TPSA) is 84.2 Å². The lowest BCUT2D eigenvalue weighted by Gasteiger charge is -2.08. The van der Waals surface area contributed by atoms with Crippen molar-refractivity contribution >= 4 is 11.9 Å². The molecule has 140 valence electrons. The Kier molecular flexibility index (Phi) is 7.38. The van der Waals surface area contributed by atoms with E-state index in [2.05, 4.69) is 10.4 Å². The van der Waals surface area contributed by atoms with E-state index < -0.39 is 5.97 Å². The van der Waals surface area contributed by atoms with Gasteiger partial charge in [-0.15, -0.1) is 0 Å². The minimum Gasteiger partial charge on any atom is -0.481 e. The van der Waals surface area contributed by atoms with Crippen molar-refractivity contribution < 1.29 is 14.7 Å². The second kappa shape index (κ2) is 9.75. The molecule has 0 unspecified atom stereocenters. The molecule has 0 aliphatic carbocycles. The number of rotatable bonds is 10. The number of unbranched alkanes of at least 4 members (excludes halogenated alkanes) is 3. The van der Waals surface area contributed by atoms with Crippen LogP contribution in [0.5, 0.6) is 0 Å². The Labute approximate surface area is 154 Å². The first kappa shape index (κ1) is 19.7. The summed E-state index contributed by atoms with van der Waals surface area (Å²) >= 11 is 0. The molecule has 0 saturated carbocycles. The van der Waals surface area contributed by atoms with Crippen LogP contribution in [0.1, 0.15) is 59.4 Å². The zero-order chi connectivity index (χ0) is 18.9. The lowest BCUT2D eigenvalue weighted by atomic mass is 10.1. The Bertz CT molecular complexity index is 753. The average Bonchev–Trinajstić information content (AvgIpc) is 2.91. The molecule has 0 radical (unpaired) electrons. The van der Waals surface area contributed by atoms with Crippen LogP contribution in [0.3, 0.4) is 0 Å². The molecule has 0 atom stereocenters. The van der Waals surface area contributed by atoms with Gasteiger partial charge in [-0.05, 0) is 50.5 Å². The van der Waals surface area contributed by atoms with Gasteiger partial charge in [-0.25, -0.2) is 0 Å². The number of nitrogens with one attached hydrogen (secondary N) is 1. The second-order valence-electron chi connectivity index (χ2n) is 6.60. The third-order valence-corrected chi connectivity index (χ3v) is 4.23. The first-order valence-corrected chi connectivity index (χ1v) is 9.05. The maximum Gasteiger partial charge on any atom is 0.303 e. The van der Waals surface area contributed by atoms with E-state index in [1.54, 1.807) is 0 Å². The van der Waals surface area contributed by atoms with Gasteiger partial charge in [0, 0.05) is 24.2 Å². The molecular formula is C20H27N3O3. The third-order valence-electron chi connectivity index (χ3n) is 4.23. The Morgan fingerprint density at radius 3 is 2.58 bits per heavy atom. The van der Waals surface area contributed by atoms with Gasteiger partial charge in [-0.1, -0.05) is 25.0 Å². The molecule has 2 N–H and O–H groups in total. The van der Waals surface area contributed by atoms with Gasteiger partial charge in [0.05, 0.1) is 12.2 Å². The number of hydrogen-bond donors (Lipinski definition) is 2. The zero-order valence-corrected chi connectivity index (χ0v) is 15.5. The van der Waals surface area contributed by atoms with Crippen molar-refractivity contribution in [3.63, 3.8) is 0 Å². The Hall–Kier alpha value is -2.63. The molecule has 0 aliphatic rings.